The Balaban J connectivity index is 1.53. The molecule has 2 atom stereocenters. The van der Waals surface area contributed by atoms with Crippen LogP contribution in [0.4, 0.5) is 15.8 Å². The minimum absolute atomic E-state index is 0.0644. The van der Waals surface area contributed by atoms with E-state index in [1.54, 1.807) is 17.0 Å². The minimum Gasteiger partial charge on any atom is -0.325 e. The van der Waals surface area contributed by atoms with Gasteiger partial charge in [0.15, 0.2) is 15.0 Å². The van der Waals surface area contributed by atoms with Crippen molar-refractivity contribution in [2.24, 2.45) is 4.99 Å². The lowest BCUT2D eigenvalue weighted by molar-refractivity contribution is -0.113. The van der Waals surface area contributed by atoms with Gasteiger partial charge in [-0.3, -0.25) is 9.79 Å². The number of halogens is 2. The molecule has 0 spiro atoms. The average molecular weight is 526 g/mol. The summed E-state index contributed by atoms with van der Waals surface area (Å²) in [5.74, 6) is -0.763. The molecule has 1 amide bonds. The number of carbonyl (C=O) groups excluding carboxylic acids is 1. The van der Waals surface area contributed by atoms with Crippen molar-refractivity contribution in [2.75, 3.05) is 27.5 Å². The number of hydrogen-bond donors (Lipinski definition) is 1. The van der Waals surface area contributed by atoms with Crippen molar-refractivity contribution in [1.29, 1.82) is 0 Å². The number of hydrogen-bond acceptors (Lipinski definition) is 6. The lowest BCUT2D eigenvalue weighted by Crippen LogP contribution is -2.40. The van der Waals surface area contributed by atoms with Crippen LogP contribution < -0.4 is 10.2 Å². The summed E-state index contributed by atoms with van der Waals surface area (Å²) in [4.78, 5) is 18.7. The first-order chi connectivity index (χ1) is 14.6. The molecule has 0 bridgehead atoms. The van der Waals surface area contributed by atoms with Crippen LogP contribution in [0.25, 0.3) is 0 Å². The maximum atomic E-state index is 14.7. The van der Waals surface area contributed by atoms with Crippen LogP contribution in [0.1, 0.15) is 11.1 Å². The van der Waals surface area contributed by atoms with Crippen molar-refractivity contribution in [3.05, 3.63) is 57.8 Å². The highest BCUT2D eigenvalue weighted by Crippen LogP contribution is 2.37. The van der Waals surface area contributed by atoms with E-state index in [0.29, 0.717) is 9.64 Å². The molecule has 2 heterocycles. The molecule has 0 unspecified atom stereocenters. The molecule has 31 heavy (non-hydrogen) atoms. The summed E-state index contributed by atoms with van der Waals surface area (Å²) >= 11 is 4.43. The summed E-state index contributed by atoms with van der Waals surface area (Å²) in [6.45, 7) is 3.91. The summed E-state index contributed by atoms with van der Waals surface area (Å²) in [5, 5.41) is 3.35. The molecular weight excluding hydrogens is 505 g/mol. The molecule has 1 N–H and O–H groups in total. The number of amidine groups is 1. The lowest BCUT2D eigenvalue weighted by Gasteiger charge is -2.26. The van der Waals surface area contributed by atoms with Crippen LogP contribution in [-0.2, 0) is 14.6 Å². The average Bonchev–Trinajstić information content (AvgIpc) is 3.14. The van der Waals surface area contributed by atoms with Gasteiger partial charge in [0.05, 0.1) is 35.0 Å². The standard InChI is InChI=1S/C21H21BrFN3O3S2/c1-12-3-5-16(13(2)7-12)24-20(27)9-30-21-25-17-10-31(28,29)11-19(17)26(21)18-6-4-14(22)8-15(18)23/h3-8,17,19H,9-11H2,1-2H3,(H,24,27)/t17-,19+/m0/s1. The molecule has 1 saturated heterocycles. The van der Waals surface area contributed by atoms with Crippen LogP contribution in [0, 0.1) is 19.7 Å². The van der Waals surface area contributed by atoms with Crippen molar-refractivity contribution in [3.63, 3.8) is 0 Å². The van der Waals surface area contributed by atoms with E-state index in [1.165, 1.54) is 17.8 Å². The maximum absolute atomic E-state index is 14.7. The number of aryl methyl sites for hydroxylation is 2. The van der Waals surface area contributed by atoms with E-state index in [0.717, 1.165) is 16.8 Å². The molecule has 0 radical (unpaired) electrons. The Kier molecular flexibility index (Phi) is 6.15. The van der Waals surface area contributed by atoms with E-state index < -0.39 is 27.7 Å². The highest BCUT2D eigenvalue weighted by atomic mass is 79.9. The van der Waals surface area contributed by atoms with Crippen molar-refractivity contribution in [1.82, 2.24) is 0 Å². The zero-order chi connectivity index (χ0) is 22.3. The zero-order valence-electron chi connectivity index (χ0n) is 16.9. The number of nitrogens with zero attached hydrogens (tertiary/aromatic N) is 2. The topological polar surface area (TPSA) is 78.8 Å². The summed E-state index contributed by atoms with van der Waals surface area (Å²) in [6.07, 6.45) is 0. The highest BCUT2D eigenvalue weighted by molar-refractivity contribution is 9.10. The third kappa shape index (κ3) is 4.80. The van der Waals surface area contributed by atoms with Gasteiger partial charge >= 0.3 is 0 Å². The van der Waals surface area contributed by atoms with Gasteiger partial charge < -0.3 is 10.2 Å². The molecule has 6 nitrogen and oxygen atoms in total. The molecule has 0 aliphatic carbocycles. The number of anilines is 2. The molecule has 2 aliphatic rings. The first kappa shape index (κ1) is 22.3. The normalized spacial score (nSPS) is 21.7. The van der Waals surface area contributed by atoms with Gasteiger partial charge in [-0.1, -0.05) is 45.4 Å². The van der Waals surface area contributed by atoms with Crippen molar-refractivity contribution in [2.45, 2.75) is 25.9 Å². The monoisotopic (exact) mass is 525 g/mol. The molecule has 0 saturated carbocycles. The summed E-state index contributed by atoms with van der Waals surface area (Å²) in [5.41, 5.74) is 3.07. The number of amides is 1. The van der Waals surface area contributed by atoms with E-state index in [4.69, 9.17) is 0 Å². The summed E-state index contributed by atoms with van der Waals surface area (Å²) < 4.78 is 39.6. The Morgan fingerprint density at radius 3 is 2.74 bits per heavy atom. The maximum Gasteiger partial charge on any atom is 0.234 e. The van der Waals surface area contributed by atoms with Gasteiger partial charge in [0, 0.05) is 10.2 Å². The number of benzene rings is 2. The van der Waals surface area contributed by atoms with E-state index in [2.05, 4.69) is 26.2 Å². The van der Waals surface area contributed by atoms with Gasteiger partial charge in [-0.15, -0.1) is 0 Å². The van der Waals surface area contributed by atoms with E-state index in [9.17, 15) is 17.6 Å². The summed E-state index contributed by atoms with van der Waals surface area (Å²) in [6, 6.07) is 9.48. The SMILES string of the molecule is Cc1ccc(NC(=O)CSC2=N[C@H]3CS(=O)(=O)C[C@H]3N2c2ccc(Br)cc2F)c(C)c1. The first-order valence-electron chi connectivity index (χ1n) is 9.65. The van der Waals surface area contributed by atoms with Crippen LogP contribution in [-0.4, -0.2) is 48.8 Å². The number of fused-ring (bicyclic) bond motifs is 1. The third-order valence-corrected chi connectivity index (χ3v) is 8.42. The highest BCUT2D eigenvalue weighted by Gasteiger charge is 2.47. The molecule has 164 valence electrons. The van der Waals surface area contributed by atoms with E-state index >= 15 is 0 Å². The molecule has 1 fully saturated rings. The van der Waals surface area contributed by atoms with Gasteiger partial charge in [0.1, 0.15) is 5.82 Å². The van der Waals surface area contributed by atoms with Crippen LogP contribution >= 0.6 is 27.7 Å². The molecule has 2 aliphatic heterocycles. The fourth-order valence-electron chi connectivity index (χ4n) is 3.86. The third-order valence-electron chi connectivity index (χ3n) is 5.27. The zero-order valence-corrected chi connectivity index (χ0v) is 20.2. The van der Waals surface area contributed by atoms with Crippen molar-refractivity contribution in [3.8, 4) is 0 Å². The largest absolute Gasteiger partial charge is 0.325 e. The molecule has 2 aromatic carbocycles. The molecule has 10 heteroatoms. The van der Waals surface area contributed by atoms with Gasteiger partial charge in [-0.25, -0.2) is 12.8 Å². The van der Waals surface area contributed by atoms with Crippen LogP contribution in [0.15, 0.2) is 45.9 Å². The van der Waals surface area contributed by atoms with Gasteiger partial charge in [0.25, 0.3) is 0 Å². The fourth-order valence-corrected chi connectivity index (χ4v) is 6.95. The van der Waals surface area contributed by atoms with Crippen molar-refractivity contribution >= 4 is 60.0 Å². The second-order valence-electron chi connectivity index (χ2n) is 7.74. The van der Waals surface area contributed by atoms with Gasteiger partial charge in [-0.05, 0) is 43.7 Å². The second-order valence-corrected chi connectivity index (χ2v) is 11.8. The number of rotatable bonds is 4. The first-order valence-corrected chi connectivity index (χ1v) is 13.3. The number of aliphatic imine (C=N–C) groups is 1. The smallest absolute Gasteiger partial charge is 0.234 e. The number of carbonyl (C=O) groups is 1. The molecular formula is C21H21BrFN3O3S2. The van der Waals surface area contributed by atoms with Gasteiger partial charge in [-0.2, -0.15) is 0 Å². The summed E-state index contributed by atoms with van der Waals surface area (Å²) in [7, 11) is -3.24. The fraction of sp³-hybridized carbons (Fsp3) is 0.333. The minimum atomic E-state index is -3.24. The Hall–Kier alpha value is -1.91. The van der Waals surface area contributed by atoms with Crippen molar-refractivity contribution < 1.29 is 17.6 Å². The van der Waals surface area contributed by atoms with Crippen LogP contribution in [0.3, 0.4) is 0 Å². The predicted molar refractivity (Wildman–Crippen MR) is 127 cm³/mol. The quantitative estimate of drug-likeness (QED) is 0.654. The number of thioether (sulfide) groups is 1. The molecule has 4 rings (SSSR count). The number of nitrogens with one attached hydrogen (secondary N) is 1. The van der Waals surface area contributed by atoms with Crippen LogP contribution in [0.2, 0.25) is 0 Å². The lowest BCUT2D eigenvalue weighted by atomic mass is 10.1. The molecule has 0 aromatic heterocycles. The Bertz CT molecular complexity index is 1190. The Morgan fingerprint density at radius 2 is 2.03 bits per heavy atom. The van der Waals surface area contributed by atoms with E-state index in [1.807, 2.05) is 32.0 Å². The van der Waals surface area contributed by atoms with Crippen LogP contribution in [0.5, 0.6) is 0 Å². The predicted octanol–water partition coefficient (Wildman–Crippen LogP) is 3.92. The number of sulfone groups is 1. The van der Waals surface area contributed by atoms with Gasteiger partial charge in [0.2, 0.25) is 5.91 Å². The van der Waals surface area contributed by atoms with E-state index in [-0.39, 0.29) is 28.9 Å². The Morgan fingerprint density at radius 1 is 1.26 bits per heavy atom. The second kappa shape index (κ2) is 8.55. The Labute approximate surface area is 193 Å². The molecule has 2 aromatic rings.